The lowest BCUT2D eigenvalue weighted by Crippen LogP contribution is -2.48. The van der Waals surface area contributed by atoms with Crippen molar-refractivity contribution < 1.29 is 13.5 Å². The average Bonchev–Trinajstić information content (AvgIpc) is 2.63. The van der Waals surface area contributed by atoms with Gasteiger partial charge in [-0.05, 0) is 24.1 Å². The summed E-state index contributed by atoms with van der Waals surface area (Å²) in [5.41, 5.74) is 3.32. The quantitative estimate of drug-likeness (QED) is 0.898. The molecule has 2 atom stereocenters. The van der Waals surface area contributed by atoms with Gasteiger partial charge in [0.1, 0.15) is 5.75 Å². The van der Waals surface area contributed by atoms with Gasteiger partial charge in [0.2, 0.25) is 0 Å². The molecule has 0 saturated carbocycles. The number of fused-ring (bicyclic) bond motifs is 1. The van der Waals surface area contributed by atoms with E-state index in [1.807, 2.05) is 6.07 Å². The number of ether oxygens (including phenoxy) is 1. The largest absolute Gasteiger partial charge is 0.493 e. The van der Waals surface area contributed by atoms with Gasteiger partial charge < -0.3 is 10.1 Å². The summed E-state index contributed by atoms with van der Waals surface area (Å²) < 4.78 is 32.9. The Labute approximate surface area is 146 Å². The third kappa shape index (κ3) is 3.14. The van der Waals surface area contributed by atoms with Gasteiger partial charge in [0, 0.05) is 49.8 Å². The second-order valence-corrected chi connectivity index (χ2v) is 6.82. The van der Waals surface area contributed by atoms with Crippen LogP contribution in [-0.2, 0) is 0 Å². The number of nitrogens with zero attached hydrogens (tertiary/aromatic N) is 1. The smallest absolute Gasteiger partial charge is 0.162 e. The summed E-state index contributed by atoms with van der Waals surface area (Å²) in [6.07, 6.45) is 0.790. The van der Waals surface area contributed by atoms with Crippen LogP contribution in [0, 0.1) is 18.6 Å². The number of nitrogens with one attached hydrogen (secondary N) is 1. The molecule has 5 heteroatoms. The van der Waals surface area contributed by atoms with E-state index in [0.717, 1.165) is 31.6 Å². The summed E-state index contributed by atoms with van der Waals surface area (Å²) in [4.78, 5) is 2.37. The lowest BCUT2D eigenvalue weighted by Gasteiger charge is -2.41. The van der Waals surface area contributed by atoms with E-state index in [2.05, 4.69) is 35.3 Å². The molecule has 2 aromatic rings. The monoisotopic (exact) mass is 344 g/mol. The minimum absolute atomic E-state index is 0.0625. The first-order valence-corrected chi connectivity index (χ1v) is 8.78. The van der Waals surface area contributed by atoms with Crippen LogP contribution in [0.15, 0.2) is 36.4 Å². The third-order valence-electron chi connectivity index (χ3n) is 5.27. The summed E-state index contributed by atoms with van der Waals surface area (Å²) in [6.45, 7) is 5.24. The summed E-state index contributed by atoms with van der Waals surface area (Å²) in [5.74, 6) is -1.18. The first-order valence-electron chi connectivity index (χ1n) is 8.78. The Morgan fingerprint density at radius 1 is 1.12 bits per heavy atom. The maximum absolute atomic E-state index is 13.8. The molecule has 0 amide bonds. The zero-order chi connectivity index (χ0) is 17.4. The van der Waals surface area contributed by atoms with E-state index in [9.17, 15) is 8.78 Å². The molecule has 1 N–H and O–H groups in total. The normalized spacial score (nSPS) is 23.8. The van der Waals surface area contributed by atoms with Crippen molar-refractivity contribution >= 4 is 0 Å². The molecule has 0 bridgehead atoms. The van der Waals surface area contributed by atoms with Crippen LogP contribution >= 0.6 is 0 Å². The SMILES string of the molecule is Cc1ccccc1[C@@H]1CN([C@H]2CCOc3cc(F)c(F)cc32)CCN1. The number of piperazine rings is 1. The Balaban J connectivity index is 1.61. The van der Waals surface area contributed by atoms with Crippen molar-refractivity contribution in [2.75, 3.05) is 26.2 Å². The maximum Gasteiger partial charge on any atom is 0.162 e. The van der Waals surface area contributed by atoms with Crippen LogP contribution in [0.1, 0.15) is 35.2 Å². The predicted molar refractivity (Wildman–Crippen MR) is 92.7 cm³/mol. The van der Waals surface area contributed by atoms with Gasteiger partial charge in [0.15, 0.2) is 11.6 Å². The number of rotatable bonds is 2. The first-order chi connectivity index (χ1) is 12.1. The minimum Gasteiger partial charge on any atom is -0.493 e. The van der Waals surface area contributed by atoms with Gasteiger partial charge in [-0.2, -0.15) is 0 Å². The Hall–Kier alpha value is -1.98. The molecule has 25 heavy (non-hydrogen) atoms. The second kappa shape index (κ2) is 6.73. The fraction of sp³-hybridized carbons (Fsp3) is 0.400. The number of aryl methyl sites for hydroxylation is 1. The van der Waals surface area contributed by atoms with Gasteiger partial charge in [0.25, 0.3) is 0 Å². The highest BCUT2D eigenvalue weighted by Crippen LogP contribution is 2.38. The number of halogens is 2. The highest BCUT2D eigenvalue weighted by Gasteiger charge is 2.32. The molecular weight excluding hydrogens is 322 g/mol. The van der Waals surface area contributed by atoms with Crippen LogP contribution < -0.4 is 10.1 Å². The fourth-order valence-corrected chi connectivity index (χ4v) is 3.99. The molecule has 2 aliphatic rings. The van der Waals surface area contributed by atoms with Crippen molar-refractivity contribution in [1.29, 1.82) is 0 Å². The van der Waals surface area contributed by atoms with E-state index < -0.39 is 11.6 Å². The maximum atomic E-state index is 13.8. The molecule has 2 aromatic carbocycles. The molecule has 2 heterocycles. The molecule has 0 unspecified atom stereocenters. The lowest BCUT2D eigenvalue weighted by atomic mass is 9.94. The van der Waals surface area contributed by atoms with Gasteiger partial charge in [-0.25, -0.2) is 8.78 Å². The molecule has 0 radical (unpaired) electrons. The highest BCUT2D eigenvalue weighted by molar-refractivity contribution is 5.39. The molecule has 0 spiro atoms. The molecule has 4 rings (SSSR count). The number of hydrogen-bond donors (Lipinski definition) is 1. The zero-order valence-corrected chi connectivity index (χ0v) is 14.3. The van der Waals surface area contributed by atoms with E-state index in [0.29, 0.717) is 12.4 Å². The Morgan fingerprint density at radius 2 is 1.92 bits per heavy atom. The lowest BCUT2D eigenvalue weighted by molar-refractivity contribution is 0.106. The topological polar surface area (TPSA) is 24.5 Å². The van der Waals surface area contributed by atoms with Gasteiger partial charge in [-0.15, -0.1) is 0 Å². The van der Waals surface area contributed by atoms with E-state index in [-0.39, 0.29) is 12.1 Å². The van der Waals surface area contributed by atoms with E-state index in [4.69, 9.17) is 4.74 Å². The molecular formula is C20H22F2N2O. The van der Waals surface area contributed by atoms with Crippen molar-refractivity contribution in [3.63, 3.8) is 0 Å². The number of benzene rings is 2. The molecule has 132 valence electrons. The van der Waals surface area contributed by atoms with Crippen LogP contribution in [0.5, 0.6) is 5.75 Å². The molecule has 2 aliphatic heterocycles. The third-order valence-corrected chi connectivity index (χ3v) is 5.27. The van der Waals surface area contributed by atoms with Crippen LogP contribution in [-0.4, -0.2) is 31.1 Å². The minimum atomic E-state index is -0.850. The van der Waals surface area contributed by atoms with Gasteiger partial charge in [0.05, 0.1) is 6.61 Å². The van der Waals surface area contributed by atoms with Crippen molar-refractivity contribution in [3.8, 4) is 5.75 Å². The molecule has 1 saturated heterocycles. The van der Waals surface area contributed by atoms with Gasteiger partial charge in [-0.1, -0.05) is 24.3 Å². The van der Waals surface area contributed by atoms with Crippen LogP contribution in [0.3, 0.4) is 0 Å². The molecule has 0 aromatic heterocycles. The fourth-order valence-electron chi connectivity index (χ4n) is 3.99. The van der Waals surface area contributed by atoms with Crippen molar-refractivity contribution in [1.82, 2.24) is 10.2 Å². The summed E-state index contributed by atoms with van der Waals surface area (Å²) in [7, 11) is 0. The Morgan fingerprint density at radius 3 is 2.76 bits per heavy atom. The Bertz CT molecular complexity index is 780. The highest BCUT2D eigenvalue weighted by atomic mass is 19.2. The van der Waals surface area contributed by atoms with Gasteiger partial charge in [-0.3, -0.25) is 4.90 Å². The van der Waals surface area contributed by atoms with Crippen molar-refractivity contribution in [3.05, 3.63) is 64.7 Å². The van der Waals surface area contributed by atoms with Gasteiger partial charge >= 0.3 is 0 Å². The van der Waals surface area contributed by atoms with E-state index in [1.54, 1.807) is 0 Å². The van der Waals surface area contributed by atoms with E-state index >= 15 is 0 Å². The number of hydrogen-bond acceptors (Lipinski definition) is 3. The summed E-state index contributed by atoms with van der Waals surface area (Å²) >= 11 is 0. The Kier molecular flexibility index (Phi) is 4.44. The van der Waals surface area contributed by atoms with Crippen molar-refractivity contribution in [2.24, 2.45) is 0 Å². The standard InChI is InChI=1S/C20H22F2N2O/c1-13-4-2-3-5-14(13)18-12-24(8-7-23-18)19-6-9-25-20-11-17(22)16(21)10-15(19)20/h2-5,10-11,18-19,23H,6-9,12H2,1H3/t18-,19-/m0/s1. The van der Waals surface area contributed by atoms with Crippen LogP contribution in [0.2, 0.25) is 0 Å². The first kappa shape index (κ1) is 16.5. The predicted octanol–water partition coefficient (Wildman–Crippen LogP) is 3.74. The summed E-state index contributed by atoms with van der Waals surface area (Å²) in [5, 5.41) is 3.58. The van der Waals surface area contributed by atoms with Crippen LogP contribution in [0.4, 0.5) is 8.78 Å². The van der Waals surface area contributed by atoms with Crippen molar-refractivity contribution in [2.45, 2.75) is 25.4 Å². The van der Waals surface area contributed by atoms with Crippen LogP contribution in [0.25, 0.3) is 0 Å². The van der Waals surface area contributed by atoms with E-state index in [1.165, 1.54) is 23.3 Å². The average molecular weight is 344 g/mol. The molecule has 3 nitrogen and oxygen atoms in total. The zero-order valence-electron chi connectivity index (χ0n) is 14.3. The molecule has 1 fully saturated rings. The second-order valence-electron chi connectivity index (χ2n) is 6.82. The summed E-state index contributed by atoms with van der Waals surface area (Å²) in [6, 6.07) is 11.2. The molecule has 0 aliphatic carbocycles.